The summed E-state index contributed by atoms with van der Waals surface area (Å²) in [4.78, 5) is 26.6. The number of carbonyl (C=O) groups excluding carboxylic acids is 2. The minimum absolute atomic E-state index is 0.0642. The summed E-state index contributed by atoms with van der Waals surface area (Å²) < 4.78 is 11.7. The predicted molar refractivity (Wildman–Crippen MR) is 100 cm³/mol. The molecule has 142 valence electrons. The molecular formula is C20H21ClN2O4. The number of piperidine rings is 1. The van der Waals surface area contributed by atoms with Crippen LogP contribution in [-0.2, 0) is 6.42 Å². The smallest absolute Gasteiger partial charge is 0.289 e. The number of fused-ring (bicyclic) bond motifs is 1. The topological polar surface area (TPSA) is 71.8 Å². The Morgan fingerprint density at radius 3 is 2.70 bits per heavy atom. The lowest BCUT2D eigenvalue weighted by molar-refractivity contribution is 0.0565. The number of halogens is 1. The lowest BCUT2D eigenvalue weighted by atomic mass is 10.1. The van der Waals surface area contributed by atoms with Crippen LogP contribution in [0, 0.1) is 0 Å². The summed E-state index contributed by atoms with van der Waals surface area (Å²) in [6, 6.07) is 8.87. The molecule has 0 spiro atoms. The van der Waals surface area contributed by atoms with Gasteiger partial charge in [-0.3, -0.25) is 9.59 Å². The molecule has 4 rings (SSSR count). The average molecular weight is 389 g/mol. The molecule has 1 N–H and O–H groups in total. The molecule has 27 heavy (non-hydrogen) atoms. The molecule has 2 aliphatic rings. The van der Waals surface area contributed by atoms with E-state index in [0.717, 1.165) is 25.0 Å². The van der Waals surface area contributed by atoms with Crippen LogP contribution < -0.4 is 10.1 Å². The Kier molecular flexibility index (Phi) is 5.07. The van der Waals surface area contributed by atoms with Gasteiger partial charge in [0.25, 0.3) is 11.8 Å². The number of benzene rings is 1. The van der Waals surface area contributed by atoms with Crippen molar-refractivity contribution >= 4 is 23.4 Å². The zero-order valence-corrected chi connectivity index (χ0v) is 15.6. The van der Waals surface area contributed by atoms with Gasteiger partial charge in [0.1, 0.15) is 17.6 Å². The van der Waals surface area contributed by atoms with E-state index in [1.807, 2.05) is 12.1 Å². The first-order valence-electron chi connectivity index (χ1n) is 9.22. The zero-order chi connectivity index (χ0) is 18.8. The quantitative estimate of drug-likeness (QED) is 0.875. The maximum Gasteiger partial charge on any atom is 0.289 e. The molecule has 3 heterocycles. The van der Waals surface area contributed by atoms with Crippen molar-refractivity contribution in [2.75, 3.05) is 19.6 Å². The Bertz CT molecular complexity index is 838. The van der Waals surface area contributed by atoms with Crippen LogP contribution in [0.5, 0.6) is 5.75 Å². The van der Waals surface area contributed by atoms with Gasteiger partial charge in [0.05, 0.1) is 5.56 Å². The molecule has 0 aliphatic carbocycles. The number of aryl methyl sites for hydroxylation is 1. The molecule has 2 amide bonds. The van der Waals surface area contributed by atoms with E-state index in [0.29, 0.717) is 42.4 Å². The number of carbonyl (C=O) groups is 2. The van der Waals surface area contributed by atoms with Crippen molar-refractivity contribution in [3.8, 4) is 5.75 Å². The largest absolute Gasteiger partial charge is 0.490 e. The monoisotopic (exact) mass is 388 g/mol. The molecule has 1 saturated heterocycles. The molecule has 1 aromatic heterocycles. The van der Waals surface area contributed by atoms with E-state index in [4.69, 9.17) is 20.8 Å². The van der Waals surface area contributed by atoms with Gasteiger partial charge in [-0.15, -0.1) is 0 Å². The summed E-state index contributed by atoms with van der Waals surface area (Å²) >= 11 is 5.89. The minimum Gasteiger partial charge on any atom is -0.490 e. The van der Waals surface area contributed by atoms with E-state index in [1.54, 1.807) is 23.1 Å². The van der Waals surface area contributed by atoms with Gasteiger partial charge in [-0.1, -0.05) is 11.6 Å². The van der Waals surface area contributed by atoms with Crippen molar-refractivity contribution in [2.24, 2.45) is 0 Å². The Labute approximate surface area is 162 Å². The third kappa shape index (κ3) is 3.95. The summed E-state index contributed by atoms with van der Waals surface area (Å²) in [5, 5.41) is 3.49. The van der Waals surface area contributed by atoms with Crippen LogP contribution in [0.15, 0.2) is 34.7 Å². The maximum absolute atomic E-state index is 12.8. The highest BCUT2D eigenvalue weighted by Gasteiger charge is 2.29. The molecule has 1 aromatic carbocycles. The highest BCUT2D eigenvalue weighted by atomic mass is 35.5. The number of hydrogen-bond donors (Lipinski definition) is 1. The Hall–Kier alpha value is -2.47. The normalized spacial score (nSPS) is 17.8. The van der Waals surface area contributed by atoms with Crippen LogP contribution in [0.4, 0.5) is 0 Å². The third-order valence-electron chi connectivity index (χ3n) is 4.98. The van der Waals surface area contributed by atoms with Crippen molar-refractivity contribution in [1.82, 2.24) is 10.2 Å². The van der Waals surface area contributed by atoms with Gasteiger partial charge in [-0.2, -0.15) is 0 Å². The molecular weight excluding hydrogens is 368 g/mol. The van der Waals surface area contributed by atoms with Crippen molar-refractivity contribution < 1.29 is 18.7 Å². The lowest BCUT2D eigenvalue weighted by Gasteiger charge is -2.31. The first kappa shape index (κ1) is 17.9. The van der Waals surface area contributed by atoms with Gasteiger partial charge >= 0.3 is 0 Å². The van der Waals surface area contributed by atoms with Crippen LogP contribution in [0.3, 0.4) is 0 Å². The molecule has 0 atom stereocenters. The molecule has 0 saturated carbocycles. The molecule has 0 bridgehead atoms. The average Bonchev–Trinajstić information content (AvgIpc) is 3.04. The van der Waals surface area contributed by atoms with Crippen molar-refractivity contribution in [3.63, 3.8) is 0 Å². The van der Waals surface area contributed by atoms with E-state index in [-0.39, 0.29) is 23.7 Å². The van der Waals surface area contributed by atoms with Crippen molar-refractivity contribution in [2.45, 2.75) is 31.8 Å². The summed E-state index contributed by atoms with van der Waals surface area (Å²) in [5.41, 5.74) is 0.483. The second-order valence-corrected chi connectivity index (χ2v) is 7.31. The number of ether oxygens (including phenoxy) is 1. The number of nitrogens with zero attached hydrogens (tertiary/aromatic N) is 1. The van der Waals surface area contributed by atoms with E-state index in [2.05, 4.69) is 5.32 Å². The SMILES string of the molecule is O=C1NCCCc2oc(C(=O)N3CCC(Oc4ccc(Cl)cc4)CC3)cc21. The molecule has 6 nitrogen and oxygen atoms in total. The van der Waals surface area contributed by atoms with Gasteiger partial charge in [0, 0.05) is 50.0 Å². The number of nitrogens with one attached hydrogen (secondary N) is 1. The standard InChI is InChI=1S/C20H21ClN2O4/c21-13-3-5-14(6-4-13)26-15-7-10-23(11-8-15)20(25)18-12-16-17(27-18)2-1-9-22-19(16)24/h3-6,12,15H,1-2,7-11H2,(H,22,24). The predicted octanol–water partition coefficient (Wildman–Crippen LogP) is 3.29. The molecule has 2 aromatic rings. The molecule has 0 unspecified atom stereocenters. The molecule has 1 fully saturated rings. The summed E-state index contributed by atoms with van der Waals surface area (Å²) in [5.74, 6) is 1.30. The van der Waals surface area contributed by atoms with Crippen molar-refractivity contribution in [3.05, 3.63) is 52.4 Å². The fraction of sp³-hybridized carbons (Fsp3) is 0.400. The van der Waals surface area contributed by atoms with Crippen LogP contribution in [0.25, 0.3) is 0 Å². The van der Waals surface area contributed by atoms with Gasteiger partial charge in [-0.25, -0.2) is 0 Å². The number of furan rings is 1. The van der Waals surface area contributed by atoms with Gasteiger partial charge in [0.2, 0.25) is 0 Å². The Balaban J connectivity index is 1.37. The third-order valence-corrected chi connectivity index (χ3v) is 5.23. The highest BCUT2D eigenvalue weighted by Crippen LogP contribution is 2.24. The first-order chi connectivity index (χ1) is 13.1. The molecule has 2 aliphatic heterocycles. The number of rotatable bonds is 3. The van der Waals surface area contributed by atoms with E-state index < -0.39 is 0 Å². The van der Waals surface area contributed by atoms with Crippen LogP contribution in [0.2, 0.25) is 5.02 Å². The molecule has 0 radical (unpaired) electrons. The fourth-order valence-corrected chi connectivity index (χ4v) is 3.62. The maximum atomic E-state index is 12.8. The summed E-state index contributed by atoms with van der Waals surface area (Å²) in [6.45, 7) is 1.82. The van der Waals surface area contributed by atoms with Gasteiger partial charge in [0.15, 0.2) is 5.76 Å². The Morgan fingerprint density at radius 2 is 1.96 bits per heavy atom. The van der Waals surface area contributed by atoms with Crippen LogP contribution in [0.1, 0.15) is 45.9 Å². The lowest BCUT2D eigenvalue weighted by Crippen LogP contribution is -2.41. The van der Waals surface area contributed by atoms with E-state index in [1.165, 1.54) is 0 Å². The molecule has 7 heteroatoms. The van der Waals surface area contributed by atoms with Crippen LogP contribution in [-0.4, -0.2) is 42.5 Å². The number of likely N-dealkylation sites (tertiary alicyclic amines) is 1. The van der Waals surface area contributed by atoms with Crippen LogP contribution >= 0.6 is 11.6 Å². The van der Waals surface area contributed by atoms with E-state index >= 15 is 0 Å². The van der Waals surface area contributed by atoms with E-state index in [9.17, 15) is 9.59 Å². The van der Waals surface area contributed by atoms with Gasteiger partial charge < -0.3 is 19.4 Å². The minimum atomic E-state index is -0.166. The number of hydrogen-bond acceptors (Lipinski definition) is 4. The Morgan fingerprint density at radius 1 is 1.22 bits per heavy atom. The number of amides is 2. The fourth-order valence-electron chi connectivity index (χ4n) is 3.50. The second-order valence-electron chi connectivity index (χ2n) is 6.87. The zero-order valence-electron chi connectivity index (χ0n) is 14.9. The van der Waals surface area contributed by atoms with Gasteiger partial charge in [-0.05, 0) is 30.7 Å². The first-order valence-corrected chi connectivity index (χ1v) is 9.60. The van der Waals surface area contributed by atoms with Crippen molar-refractivity contribution in [1.29, 1.82) is 0 Å². The second kappa shape index (κ2) is 7.64. The summed E-state index contributed by atoms with van der Waals surface area (Å²) in [6.07, 6.45) is 3.03. The summed E-state index contributed by atoms with van der Waals surface area (Å²) in [7, 11) is 0. The highest BCUT2D eigenvalue weighted by molar-refractivity contribution is 6.30.